The van der Waals surface area contributed by atoms with Crippen molar-refractivity contribution in [1.29, 1.82) is 0 Å². The van der Waals surface area contributed by atoms with Gasteiger partial charge in [-0.15, -0.1) is 0 Å². The Morgan fingerprint density at radius 1 is 1.40 bits per heavy atom. The standard InChI is InChI=1S/C12H22O.CH2O/c1-12(2,13)10-6-9-11-7-4-3-5-8-11;1-2/h3-4,11,13H,5-10H2,1-2H3;1H2. The smallest absolute Gasteiger partial charge is 0.106 e. The van der Waals surface area contributed by atoms with E-state index < -0.39 is 5.60 Å². The molecule has 1 N–H and O–H groups in total. The summed E-state index contributed by atoms with van der Waals surface area (Å²) in [5.74, 6) is 0.882. The maximum Gasteiger partial charge on any atom is 0.106 e. The van der Waals surface area contributed by atoms with Gasteiger partial charge in [0.15, 0.2) is 0 Å². The van der Waals surface area contributed by atoms with Gasteiger partial charge in [0, 0.05) is 0 Å². The Bertz CT molecular complexity index is 179. The average Bonchev–Trinajstić information content (AvgIpc) is 2.20. The van der Waals surface area contributed by atoms with E-state index in [-0.39, 0.29) is 0 Å². The number of rotatable bonds is 4. The van der Waals surface area contributed by atoms with Crippen LogP contribution in [0.3, 0.4) is 0 Å². The molecule has 1 rings (SSSR count). The summed E-state index contributed by atoms with van der Waals surface area (Å²) in [7, 11) is 0. The van der Waals surface area contributed by atoms with Crippen molar-refractivity contribution < 1.29 is 9.90 Å². The molecule has 2 nitrogen and oxygen atoms in total. The molecule has 0 radical (unpaired) electrons. The van der Waals surface area contributed by atoms with Crippen LogP contribution in [0.1, 0.15) is 52.4 Å². The second kappa shape index (κ2) is 7.63. The fourth-order valence-electron chi connectivity index (χ4n) is 1.94. The minimum Gasteiger partial charge on any atom is -0.390 e. The van der Waals surface area contributed by atoms with Crippen LogP contribution in [0.5, 0.6) is 0 Å². The third kappa shape index (κ3) is 8.37. The van der Waals surface area contributed by atoms with Crippen molar-refractivity contribution in [2.45, 2.75) is 58.0 Å². The Hall–Kier alpha value is -0.630. The van der Waals surface area contributed by atoms with Crippen LogP contribution in [-0.4, -0.2) is 17.5 Å². The minimum absolute atomic E-state index is 0.468. The van der Waals surface area contributed by atoms with Gasteiger partial charge in [-0.3, -0.25) is 0 Å². The van der Waals surface area contributed by atoms with E-state index in [1.54, 1.807) is 0 Å². The number of hydrogen-bond donors (Lipinski definition) is 1. The van der Waals surface area contributed by atoms with Gasteiger partial charge in [0.2, 0.25) is 0 Å². The molecule has 0 fully saturated rings. The molecule has 0 aromatic carbocycles. The van der Waals surface area contributed by atoms with Gasteiger partial charge in [-0.1, -0.05) is 25.0 Å². The largest absolute Gasteiger partial charge is 0.390 e. The molecule has 0 aromatic rings. The van der Waals surface area contributed by atoms with E-state index in [0.717, 1.165) is 12.3 Å². The van der Waals surface area contributed by atoms with Crippen LogP contribution in [0.25, 0.3) is 0 Å². The second-order valence-corrected chi connectivity index (χ2v) is 4.86. The van der Waals surface area contributed by atoms with Gasteiger partial charge in [0.25, 0.3) is 0 Å². The molecule has 1 unspecified atom stereocenters. The summed E-state index contributed by atoms with van der Waals surface area (Å²) in [5.41, 5.74) is -0.468. The summed E-state index contributed by atoms with van der Waals surface area (Å²) >= 11 is 0. The van der Waals surface area contributed by atoms with E-state index >= 15 is 0 Å². The lowest BCUT2D eigenvalue weighted by Gasteiger charge is -2.21. The maximum atomic E-state index is 9.53. The zero-order valence-electron chi connectivity index (χ0n) is 10.0. The predicted molar refractivity (Wildman–Crippen MR) is 63.8 cm³/mol. The van der Waals surface area contributed by atoms with E-state index in [0.29, 0.717) is 0 Å². The van der Waals surface area contributed by atoms with Gasteiger partial charge >= 0.3 is 0 Å². The zero-order valence-corrected chi connectivity index (χ0v) is 10.0. The molecule has 1 aliphatic rings. The molecule has 1 aliphatic carbocycles. The third-order valence-electron chi connectivity index (χ3n) is 2.78. The first-order chi connectivity index (χ1) is 7.08. The molecule has 0 heterocycles. The molecule has 2 heteroatoms. The van der Waals surface area contributed by atoms with Crippen LogP contribution in [0, 0.1) is 5.92 Å². The highest BCUT2D eigenvalue weighted by Gasteiger charge is 2.14. The van der Waals surface area contributed by atoms with Gasteiger partial charge in [0.1, 0.15) is 6.79 Å². The van der Waals surface area contributed by atoms with Crippen LogP contribution in [0.15, 0.2) is 12.2 Å². The first-order valence-corrected chi connectivity index (χ1v) is 5.74. The molecule has 0 amide bonds. The van der Waals surface area contributed by atoms with Crippen molar-refractivity contribution >= 4 is 6.79 Å². The highest BCUT2D eigenvalue weighted by molar-refractivity contribution is 5.11. The van der Waals surface area contributed by atoms with E-state index in [4.69, 9.17) is 4.79 Å². The highest BCUT2D eigenvalue weighted by Crippen LogP contribution is 2.25. The number of aliphatic hydroxyl groups is 1. The molecule has 0 aromatic heterocycles. The van der Waals surface area contributed by atoms with Gasteiger partial charge in [-0.25, -0.2) is 0 Å². The lowest BCUT2D eigenvalue weighted by molar-refractivity contribution is -0.0979. The Labute approximate surface area is 93.4 Å². The summed E-state index contributed by atoms with van der Waals surface area (Å²) in [6, 6.07) is 0. The molecule has 0 aliphatic heterocycles. The Kier molecular flexibility index (Phi) is 7.31. The first-order valence-electron chi connectivity index (χ1n) is 5.74. The fourth-order valence-corrected chi connectivity index (χ4v) is 1.94. The van der Waals surface area contributed by atoms with Crippen molar-refractivity contribution in [3.63, 3.8) is 0 Å². The average molecular weight is 212 g/mol. The Balaban J connectivity index is 0.000000921. The normalized spacial score (nSPS) is 20.6. The Morgan fingerprint density at radius 3 is 2.53 bits per heavy atom. The molecule has 88 valence electrons. The van der Waals surface area contributed by atoms with E-state index in [9.17, 15) is 5.11 Å². The number of carbonyl (C=O) groups is 1. The summed E-state index contributed by atoms with van der Waals surface area (Å²) in [6.07, 6.45) is 11.8. The second-order valence-electron chi connectivity index (χ2n) is 4.86. The van der Waals surface area contributed by atoms with Crippen LogP contribution in [-0.2, 0) is 4.79 Å². The van der Waals surface area contributed by atoms with Gasteiger partial charge < -0.3 is 9.90 Å². The van der Waals surface area contributed by atoms with Gasteiger partial charge in [-0.05, 0) is 45.4 Å². The van der Waals surface area contributed by atoms with Gasteiger partial charge in [0.05, 0.1) is 5.60 Å². The molecule has 0 spiro atoms. The Morgan fingerprint density at radius 2 is 2.07 bits per heavy atom. The first kappa shape index (κ1) is 14.4. The van der Waals surface area contributed by atoms with Crippen molar-refractivity contribution in [1.82, 2.24) is 0 Å². The van der Waals surface area contributed by atoms with Crippen molar-refractivity contribution in [2.24, 2.45) is 5.92 Å². The summed E-state index contributed by atoms with van der Waals surface area (Å²) in [4.78, 5) is 8.00. The number of carbonyl (C=O) groups excluding carboxylic acids is 1. The molecular formula is C13H24O2. The number of hydrogen-bond acceptors (Lipinski definition) is 2. The minimum atomic E-state index is -0.468. The van der Waals surface area contributed by atoms with Crippen molar-refractivity contribution in [3.8, 4) is 0 Å². The van der Waals surface area contributed by atoms with E-state index in [1.807, 2.05) is 20.6 Å². The molecule has 0 saturated carbocycles. The highest BCUT2D eigenvalue weighted by atomic mass is 16.3. The van der Waals surface area contributed by atoms with Crippen LogP contribution >= 0.6 is 0 Å². The number of allylic oxidation sites excluding steroid dienone is 2. The monoisotopic (exact) mass is 212 g/mol. The zero-order chi connectivity index (χ0) is 11.7. The predicted octanol–water partition coefficient (Wildman–Crippen LogP) is 3.10. The van der Waals surface area contributed by atoms with Gasteiger partial charge in [-0.2, -0.15) is 0 Å². The van der Waals surface area contributed by atoms with Crippen LogP contribution in [0.4, 0.5) is 0 Å². The van der Waals surface area contributed by atoms with Crippen LogP contribution < -0.4 is 0 Å². The lowest BCUT2D eigenvalue weighted by Crippen LogP contribution is -2.18. The molecule has 0 bridgehead atoms. The molecule has 15 heavy (non-hydrogen) atoms. The fraction of sp³-hybridized carbons (Fsp3) is 0.769. The SMILES string of the molecule is C=O.CC(C)(O)CCCC1CC=CCC1. The topological polar surface area (TPSA) is 37.3 Å². The molecular weight excluding hydrogens is 188 g/mol. The van der Waals surface area contributed by atoms with Crippen LogP contribution in [0.2, 0.25) is 0 Å². The van der Waals surface area contributed by atoms with E-state index in [1.165, 1.54) is 32.1 Å². The quantitative estimate of drug-likeness (QED) is 0.727. The van der Waals surface area contributed by atoms with Crippen molar-refractivity contribution in [3.05, 3.63) is 12.2 Å². The third-order valence-corrected chi connectivity index (χ3v) is 2.78. The van der Waals surface area contributed by atoms with Crippen molar-refractivity contribution in [2.75, 3.05) is 0 Å². The summed E-state index contributed by atoms with van der Waals surface area (Å²) in [5, 5.41) is 9.53. The summed E-state index contributed by atoms with van der Waals surface area (Å²) in [6.45, 7) is 5.79. The molecule has 1 atom stereocenters. The lowest BCUT2D eigenvalue weighted by atomic mass is 9.88. The van der Waals surface area contributed by atoms with E-state index in [2.05, 4.69) is 12.2 Å². The summed E-state index contributed by atoms with van der Waals surface area (Å²) < 4.78 is 0. The maximum absolute atomic E-state index is 9.53. The molecule has 0 saturated heterocycles.